The van der Waals surface area contributed by atoms with Crippen LogP contribution in [0.2, 0.25) is 0 Å². The third-order valence-electron chi connectivity index (χ3n) is 22.9. The number of rotatable bonds is 8. The monoisotopic (exact) mass is 1350 g/mol. The highest BCUT2D eigenvalue weighted by Crippen LogP contribution is 2.66. The molecule has 0 saturated heterocycles. The van der Waals surface area contributed by atoms with Gasteiger partial charge in [0.1, 0.15) is 11.6 Å². The van der Waals surface area contributed by atoms with Gasteiger partial charge in [-0.2, -0.15) is 0 Å². The van der Waals surface area contributed by atoms with Crippen molar-refractivity contribution < 1.29 is 35.1 Å². The Labute approximate surface area is 588 Å². The molecule has 103 heavy (non-hydrogen) atoms. The van der Waals surface area contributed by atoms with Crippen molar-refractivity contribution in [1.82, 2.24) is 0 Å². The van der Waals surface area contributed by atoms with Crippen LogP contribution >= 0.6 is 0 Å². The average Bonchev–Trinajstić information content (AvgIpc) is 1.56. The van der Waals surface area contributed by atoms with E-state index < -0.39 is 85.0 Å². The fraction of sp³-hybridized carbons (Fsp3) is 0.0538. The molecule has 4 aliphatic carbocycles. The first-order valence-electron chi connectivity index (χ1n) is 34.2. The van der Waals surface area contributed by atoms with Gasteiger partial charge in [-0.1, -0.05) is 219 Å². The largest absolute Gasteiger partial charge is 0.310 e. The summed E-state index contributed by atoms with van der Waals surface area (Å²) in [4.78, 5) is 4.09. The Morgan fingerprint density at radius 1 is 0.262 bits per heavy atom. The Morgan fingerprint density at radius 3 is 0.942 bits per heavy atom. The quantitative estimate of drug-likeness (QED) is 0.0850. The van der Waals surface area contributed by atoms with E-state index in [2.05, 4.69) is 61.7 Å². The van der Waals surface area contributed by atoms with Crippen molar-refractivity contribution >= 4 is 46.3 Å². The van der Waals surface area contributed by atoms with Crippen LogP contribution < -0.4 is 9.80 Å². The maximum absolute atomic E-state index is 18.5. The molecule has 0 radical (unpaired) electrons. The minimum Gasteiger partial charge on any atom is -0.310 e. The summed E-state index contributed by atoms with van der Waals surface area (Å²) in [6.45, 7) is 7.88. The first-order chi connectivity index (χ1) is 50.3. The van der Waals surface area contributed by atoms with Crippen molar-refractivity contribution in [2.75, 3.05) is 9.80 Å². The van der Waals surface area contributed by atoms with E-state index in [1.165, 1.54) is 12.1 Å². The zero-order valence-electron chi connectivity index (χ0n) is 54.8. The molecule has 2 heterocycles. The van der Waals surface area contributed by atoms with E-state index in [4.69, 9.17) is 0 Å². The normalized spacial score (nSPS) is 17.4. The fourth-order valence-corrected chi connectivity index (χ4v) is 18.7. The van der Waals surface area contributed by atoms with E-state index in [9.17, 15) is 0 Å². The van der Waals surface area contributed by atoms with Crippen molar-refractivity contribution in [3.8, 4) is 66.8 Å². The van der Waals surface area contributed by atoms with Gasteiger partial charge in [0.2, 0.25) is 0 Å². The van der Waals surface area contributed by atoms with Crippen LogP contribution in [0.15, 0.2) is 280 Å². The van der Waals surface area contributed by atoms with Crippen LogP contribution in [0.1, 0.15) is 77.9 Å². The van der Waals surface area contributed by atoms with E-state index in [1.54, 1.807) is 48.6 Å². The summed E-state index contributed by atoms with van der Waals surface area (Å²) in [5.74, 6) is -12.5. The summed E-state index contributed by atoms with van der Waals surface area (Å²) in [5, 5.41) is 0. The van der Waals surface area contributed by atoms with Crippen LogP contribution in [0.3, 0.4) is 0 Å². The van der Waals surface area contributed by atoms with Crippen LogP contribution in [0, 0.1) is 46.5 Å². The number of benzene rings is 14. The molecule has 2 unspecified atom stereocenters. The van der Waals surface area contributed by atoms with Gasteiger partial charge in [0.05, 0.1) is 27.4 Å². The van der Waals surface area contributed by atoms with Gasteiger partial charge in [0.25, 0.3) is 0 Å². The van der Waals surface area contributed by atoms with Gasteiger partial charge in [-0.15, -0.1) is 0 Å². The van der Waals surface area contributed by atoms with Crippen LogP contribution in [0.4, 0.5) is 69.2 Å². The lowest BCUT2D eigenvalue weighted by molar-refractivity contribution is 0.410. The first kappa shape index (κ1) is 60.6. The molecule has 20 rings (SSSR count). The molecule has 6 aliphatic rings. The molecule has 0 saturated carbocycles. The summed E-state index contributed by atoms with van der Waals surface area (Å²) >= 11 is 0. The predicted molar refractivity (Wildman–Crippen MR) is 394 cm³/mol. The van der Waals surface area contributed by atoms with Gasteiger partial charge in [0, 0.05) is 45.3 Å². The van der Waals surface area contributed by atoms with E-state index in [-0.39, 0.29) is 24.0 Å². The van der Waals surface area contributed by atoms with E-state index in [0.717, 1.165) is 55.6 Å². The third-order valence-corrected chi connectivity index (χ3v) is 22.9. The standard InChI is InChI=1S/C93H54F8N2/c1-3-51-27-31-53(32-28-51)49-91-71-23-9-5-19-63(71)67-39-35-59(45-75(67)91)102(57-17-13-15-55(43-57)79-83(94)81(91)87(98)89(100)85(79)96)61-37-41-69-65-21-7-11-25-73(65)93(77(69)47-61)74-26-12-8-22-66(74)70-42-38-62(48-78(70)93)103-58-18-14-16-56(44-58)80-84(95)82(88(99)90(101)86(80)97)92(50-54-33-29-52(4-2)30-34-54)72-24-10-6-20-64(72)68-40-36-60(103)46-76(68)92/h3-48H,1-2,49-50H2. The SMILES string of the molecule is C=Cc1ccc(CC23c4ccccc4-c4ccc(cc42)N(c2ccc4c(c2)C2(c5ccccc5-4)c4ccccc4-c4ccc(N5c6cccc(c6)-c6c(F)c(F)c(F)c(c6F)C6(Cc7ccc(C=C)cc7)c7ccccc7-c7ccc5cc76)cc42)c2cccc(c2)-c2c(F)c(F)c(F)c3c2F)cc1. The Kier molecular flexibility index (Phi) is 12.8. The Balaban J connectivity index is 0.825. The summed E-state index contributed by atoms with van der Waals surface area (Å²) < 4.78 is 140. The lowest BCUT2D eigenvalue weighted by atomic mass is 9.67. The molecule has 14 aromatic rings. The molecular formula is C93H54F8N2. The molecule has 0 N–H and O–H groups in total. The van der Waals surface area contributed by atoms with Crippen molar-refractivity contribution in [3.63, 3.8) is 0 Å². The van der Waals surface area contributed by atoms with Crippen molar-refractivity contribution in [2.24, 2.45) is 0 Å². The number of hydrogen-bond acceptors (Lipinski definition) is 2. The maximum atomic E-state index is 18.5. The van der Waals surface area contributed by atoms with Gasteiger partial charge in [-0.3, -0.25) is 0 Å². The van der Waals surface area contributed by atoms with Crippen LogP contribution in [0.5, 0.6) is 0 Å². The first-order valence-corrected chi connectivity index (χ1v) is 34.2. The number of fused-ring (bicyclic) bond motifs is 30. The zero-order valence-corrected chi connectivity index (χ0v) is 54.8. The number of anilines is 6. The highest BCUT2D eigenvalue weighted by molar-refractivity contribution is 5.99. The molecule has 0 aromatic heterocycles. The van der Waals surface area contributed by atoms with Crippen molar-refractivity contribution in [1.29, 1.82) is 0 Å². The second-order valence-corrected chi connectivity index (χ2v) is 27.7. The van der Waals surface area contributed by atoms with Gasteiger partial charge in [-0.05, 0) is 208 Å². The Bertz CT molecular complexity index is 5760. The highest BCUT2D eigenvalue weighted by atomic mass is 19.2. The molecule has 1 spiro atoms. The second-order valence-electron chi connectivity index (χ2n) is 27.7. The zero-order chi connectivity index (χ0) is 69.7. The summed E-state index contributed by atoms with van der Waals surface area (Å²) in [5.41, 5.74) is 11.9. The maximum Gasteiger partial charge on any atom is 0.195 e. The second kappa shape index (κ2) is 21.8. The topological polar surface area (TPSA) is 6.48 Å². The molecule has 2 nitrogen and oxygen atoms in total. The van der Waals surface area contributed by atoms with E-state index in [0.29, 0.717) is 89.8 Å². The van der Waals surface area contributed by atoms with Gasteiger partial charge in [0.15, 0.2) is 34.9 Å². The van der Waals surface area contributed by atoms with Gasteiger partial charge < -0.3 is 9.80 Å². The smallest absolute Gasteiger partial charge is 0.195 e. The van der Waals surface area contributed by atoms with E-state index in [1.807, 2.05) is 180 Å². The molecule has 14 aromatic carbocycles. The molecule has 2 aliphatic heterocycles. The van der Waals surface area contributed by atoms with Crippen LogP contribution in [-0.2, 0) is 29.1 Å². The Morgan fingerprint density at radius 2 is 0.573 bits per heavy atom. The minimum absolute atomic E-state index is 0.00219. The fourth-order valence-electron chi connectivity index (χ4n) is 18.7. The molecule has 492 valence electrons. The number of halogens is 8. The minimum atomic E-state index is -1.78. The van der Waals surface area contributed by atoms with Crippen LogP contribution in [0.25, 0.3) is 78.9 Å². The molecule has 2 atom stereocenters. The molecular weight excluding hydrogens is 1300 g/mol. The third kappa shape index (κ3) is 7.98. The van der Waals surface area contributed by atoms with Gasteiger partial charge >= 0.3 is 0 Å². The Hall–Kier alpha value is -12.4. The average molecular weight is 1350 g/mol. The molecule has 12 bridgehead atoms. The van der Waals surface area contributed by atoms with Crippen molar-refractivity contribution in [2.45, 2.75) is 29.1 Å². The lowest BCUT2D eigenvalue weighted by Crippen LogP contribution is -2.33. The van der Waals surface area contributed by atoms with Crippen LogP contribution in [-0.4, -0.2) is 0 Å². The lowest BCUT2D eigenvalue weighted by Gasteiger charge is -2.35. The summed E-state index contributed by atoms with van der Waals surface area (Å²) in [7, 11) is 0. The predicted octanol–water partition coefficient (Wildman–Crippen LogP) is 24.4. The van der Waals surface area contributed by atoms with E-state index >= 15 is 35.1 Å². The molecule has 0 fully saturated rings. The summed E-state index contributed by atoms with van der Waals surface area (Å²) in [6, 6.07) is 84.3. The van der Waals surface area contributed by atoms with Gasteiger partial charge in [-0.25, -0.2) is 35.1 Å². The summed E-state index contributed by atoms with van der Waals surface area (Å²) in [6.07, 6.45) is 3.35. The molecule has 0 amide bonds. The van der Waals surface area contributed by atoms with Crippen molar-refractivity contribution in [3.05, 3.63) is 405 Å². The highest BCUT2D eigenvalue weighted by Gasteiger charge is 2.55. The number of hydrogen-bond donors (Lipinski definition) is 0. The number of nitrogens with zero attached hydrogens (tertiary/aromatic N) is 2. The molecule has 10 heteroatoms.